The summed E-state index contributed by atoms with van der Waals surface area (Å²) in [5.41, 5.74) is 9.26. The third-order valence-corrected chi connectivity index (χ3v) is 5.98. The molecule has 1 amide bonds. The van der Waals surface area contributed by atoms with Gasteiger partial charge in [0.25, 0.3) is 0 Å². The van der Waals surface area contributed by atoms with Crippen molar-refractivity contribution in [3.8, 4) is 11.1 Å². The zero-order valence-electron chi connectivity index (χ0n) is 13.8. The van der Waals surface area contributed by atoms with Crippen LogP contribution in [0.15, 0.2) is 71.3 Å². The Labute approximate surface area is 159 Å². The maximum atomic E-state index is 11.2. The Morgan fingerprint density at radius 3 is 2.54 bits per heavy atom. The second-order valence-electron chi connectivity index (χ2n) is 5.72. The van der Waals surface area contributed by atoms with Crippen molar-refractivity contribution in [2.24, 2.45) is 5.73 Å². The number of rotatable bonds is 5. The summed E-state index contributed by atoms with van der Waals surface area (Å²) >= 11 is 3.30. The zero-order chi connectivity index (χ0) is 17.9. The second kappa shape index (κ2) is 7.27. The molecule has 0 radical (unpaired) electrons. The first-order valence-corrected chi connectivity index (χ1v) is 9.88. The Balaban J connectivity index is 1.64. The Hall–Kier alpha value is -2.70. The van der Waals surface area contributed by atoms with E-state index < -0.39 is 5.91 Å². The minimum atomic E-state index is -0.410. The molecule has 0 aliphatic rings. The third-order valence-electron chi connectivity index (χ3n) is 4.03. The Morgan fingerprint density at radius 2 is 1.81 bits per heavy atom. The van der Waals surface area contributed by atoms with Crippen LogP contribution in [0, 0.1) is 0 Å². The molecule has 4 rings (SSSR count). The van der Waals surface area contributed by atoms with E-state index in [4.69, 9.17) is 5.73 Å². The second-order valence-corrected chi connectivity index (χ2v) is 7.55. The van der Waals surface area contributed by atoms with Crippen LogP contribution in [-0.2, 0) is 5.75 Å². The largest absolute Gasteiger partial charge is 0.366 e. The molecule has 0 saturated carbocycles. The monoisotopic (exact) mass is 377 g/mol. The smallest absolute Gasteiger partial charge is 0.248 e. The third kappa shape index (κ3) is 3.34. The van der Waals surface area contributed by atoms with Gasteiger partial charge in [-0.15, -0.1) is 23.1 Å². The van der Waals surface area contributed by atoms with Crippen molar-refractivity contribution in [2.75, 3.05) is 0 Å². The summed E-state index contributed by atoms with van der Waals surface area (Å²) in [5, 5.41) is 4.21. The number of carbonyl (C=O) groups is 1. The fourth-order valence-electron chi connectivity index (χ4n) is 2.70. The van der Waals surface area contributed by atoms with Gasteiger partial charge in [0.2, 0.25) is 5.91 Å². The average Bonchev–Trinajstić information content (AvgIpc) is 3.12. The van der Waals surface area contributed by atoms with Gasteiger partial charge in [-0.2, -0.15) is 0 Å². The average molecular weight is 377 g/mol. The first-order valence-electron chi connectivity index (χ1n) is 8.01. The minimum Gasteiger partial charge on any atom is -0.366 e. The Morgan fingerprint density at radius 1 is 1.04 bits per heavy atom. The number of fused-ring (bicyclic) bond motifs is 1. The maximum absolute atomic E-state index is 11.2. The van der Waals surface area contributed by atoms with Crippen LogP contribution in [0.5, 0.6) is 0 Å². The molecule has 26 heavy (non-hydrogen) atoms. The molecule has 0 spiro atoms. The number of primary amides is 1. The first-order chi connectivity index (χ1) is 12.7. The molecular formula is C20H15N3OS2. The van der Waals surface area contributed by atoms with Gasteiger partial charge in [-0.1, -0.05) is 42.5 Å². The van der Waals surface area contributed by atoms with E-state index in [9.17, 15) is 4.79 Å². The van der Waals surface area contributed by atoms with Crippen LogP contribution in [0.4, 0.5) is 0 Å². The molecule has 0 unspecified atom stereocenters. The fraction of sp³-hybridized carbons (Fsp3) is 0.0500. The molecule has 128 valence electrons. The van der Waals surface area contributed by atoms with Crippen LogP contribution in [0.1, 0.15) is 15.9 Å². The summed E-state index contributed by atoms with van der Waals surface area (Å²) in [7, 11) is 0. The molecule has 0 saturated heterocycles. The van der Waals surface area contributed by atoms with Crippen LogP contribution in [0.2, 0.25) is 0 Å². The molecular weight excluding hydrogens is 362 g/mol. The molecule has 6 heteroatoms. The number of thiophene rings is 1. The van der Waals surface area contributed by atoms with Crippen molar-refractivity contribution in [3.05, 3.63) is 77.4 Å². The van der Waals surface area contributed by atoms with Crippen molar-refractivity contribution in [3.63, 3.8) is 0 Å². The summed E-state index contributed by atoms with van der Waals surface area (Å²) in [5.74, 6) is 0.349. The summed E-state index contributed by atoms with van der Waals surface area (Å²) in [4.78, 5) is 21.1. The molecule has 0 aliphatic heterocycles. The van der Waals surface area contributed by atoms with Gasteiger partial charge in [-0.25, -0.2) is 9.97 Å². The maximum Gasteiger partial charge on any atom is 0.248 e. The van der Waals surface area contributed by atoms with Crippen LogP contribution in [0.3, 0.4) is 0 Å². The molecule has 2 N–H and O–H groups in total. The number of hydrogen-bond acceptors (Lipinski definition) is 5. The number of thioether (sulfide) groups is 1. The number of amides is 1. The molecule has 2 heterocycles. The molecule has 0 bridgehead atoms. The van der Waals surface area contributed by atoms with E-state index in [0.29, 0.717) is 5.56 Å². The molecule has 0 fully saturated rings. The van der Waals surface area contributed by atoms with Crippen LogP contribution in [-0.4, -0.2) is 15.9 Å². The summed E-state index contributed by atoms with van der Waals surface area (Å²) in [6.45, 7) is 0. The summed E-state index contributed by atoms with van der Waals surface area (Å²) < 4.78 is 0. The lowest BCUT2D eigenvalue weighted by molar-refractivity contribution is 0.100. The summed E-state index contributed by atoms with van der Waals surface area (Å²) in [6.07, 6.45) is 1.62. The first kappa shape index (κ1) is 16.8. The van der Waals surface area contributed by atoms with Gasteiger partial charge < -0.3 is 5.73 Å². The highest BCUT2D eigenvalue weighted by atomic mass is 32.2. The van der Waals surface area contributed by atoms with Gasteiger partial charge in [-0.3, -0.25) is 4.79 Å². The van der Waals surface area contributed by atoms with Crippen LogP contribution >= 0.6 is 23.1 Å². The lowest BCUT2D eigenvalue weighted by Crippen LogP contribution is -2.10. The zero-order valence-corrected chi connectivity index (χ0v) is 15.4. The Bertz CT molecular complexity index is 1060. The number of benzene rings is 2. The van der Waals surface area contributed by atoms with E-state index in [2.05, 4.69) is 27.5 Å². The van der Waals surface area contributed by atoms with Gasteiger partial charge in [0.05, 0.1) is 5.39 Å². The normalized spacial score (nSPS) is 10.9. The molecule has 2 aromatic carbocycles. The predicted molar refractivity (Wildman–Crippen MR) is 107 cm³/mol. The SMILES string of the molecule is NC(=O)c1ccc(CSc2ncnc3scc(-c4ccccc4)c23)cc1. The van der Waals surface area contributed by atoms with Crippen LogP contribution in [0.25, 0.3) is 21.3 Å². The topological polar surface area (TPSA) is 68.9 Å². The number of nitrogens with two attached hydrogens (primary N) is 1. The molecule has 2 aromatic heterocycles. The highest BCUT2D eigenvalue weighted by molar-refractivity contribution is 7.98. The van der Waals surface area contributed by atoms with Crippen molar-refractivity contribution in [1.82, 2.24) is 9.97 Å². The highest BCUT2D eigenvalue weighted by Crippen LogP contribution is 2.38. The quantitative estimate of drug-likeness (QED) is 0.402. The fourth-order valence-corrected chi connectivity index (χ4v) is 4.65. The number of carbonyl (C=O) groups excluding carboxylic acids is 1. The Kier molecular flexibility index (Phi) is 4.69. The van der Waals surface area contributed by atoms with E-state index >= 15 is 0 Å². The number of hydrogen-bond donors (Lipinski definition) is 1. The molecule has 4 aromatic rings. The van der Waals surface area contributed by atoms with E-state index in [1.165, 1.54) is 5.56 Å². The number of nitrogens with zero attached hydrogens (tertiary/aromatic N) is 2. The lowest BCUT2D eigenvalue weighted by atomic mass is 10.1. The molecule has 0 aliphatic carbocycles. The predicted octanol–water partition coefficient (Wildman–Crippen LogP) is 4.75. The van der Waals surface area contributed by atoms with Crippen molar-refractivity contribution < 1.29 is 4.79 Å². The van der Waals surface area contributed by atoms with Crippen molar-refractivity contribution >= 4 is 39.2 Å². The van der Waals surface area contributed by atoms with E-state index in [1.807, 2.05) is 30.3 Å². The van der Waals surface area contributed by atoms with Gasteiger partial charge in [0, 0.05) is 22.3 Å². The molecule has 4 nitrogen and oxygen atoms in total. The highest BCUT2D eigenvalue weighted by Gasteiger charge is 2.13. The minimum absolute atomic E-state index is 0.410. The van der Waals surface area contributed by atoms with Crippen LogP contribution < -0.4 is 5.73 Å². The number of aromatic nitrogens is 2. The van der Waals surface area contributed by atoms with Gasteiger partial charge in [-0.05, 0) is 23.3 Å². The van der Waals surface area contributed by atoms with E-state index in [-0.39, 0.29) is 0 Å². The molecule has 0 atom stereocenters. The van der Waals surface area contributed by atoms with Gasteiger partial charge in [0.15, 0.2) is 0 Å². The standard InChI is InChI=1S/C20H15N3OS2/c21-18(24)15-8-6-13(7-9-15)10-25-19-17-16(14-4-2-1-3-5-14)11-26-20(17)23-12-22-19/h1-9,11-12H,10H2,(H2,21,24). The van der Waals surface area contributed by atoms with Crippen molar-refractivity contribution in [1.29, 1.82) is 0 Å². The van der Waals surface area contributed by atoms with E-state index in [1.54, 1.807) is 41.6 Å². The van der Waals surface area contributed by atoms with Gasteiger partial charge >= 0.3 is 0 Å². The van der Waals surface area contributed by atoms with Crippen molar-refractivity contribution in [2.45, 2.75) is 10.8 Å². The lowest BCUT2D eigenvalue weighted by Gasteiger charge is -2.06. The van der Waals surface area contributed by atoms with E-state index in [0.717, 1.165) is 32.1 Å². The summed E-state index contributed by atoms with van der Waals surface area (Å²) in [6, 6.07) is 17.7. The van der Waals surface area contributed by atoms with Gasteiger partial charge in [0.1, 0.15) is 16.2 Å².